The van der Waals surface area contributed by atoms with E-state index >= 15 is 0 Å². The van der Waals surface area contributed by atoms with Gasteiger partial charge in [0, 0.05) is 24.3 Å². The van der Waals surface area contributed by atoms with Gasteiger partial charge in [0.2, 0.25) is 0 Å². The van der Waals surface area contributed by atoms with Crippen molar-refractivity contribution in [3.05, 3.63) is 26.9 Å². The average molecular weight is 256 g/mol. The van der Waals surface area contributed by atoms with Crippen molar-refractivity contribution < 1.29 is 10.2 Å². The minimum absolute atomic E-state index is 0.110. The van der Waals surface area contributed by atoms with Crippen LogP contribution in [-0.4, -0.2) is 32.9 Å². The Labute approximate surface area is 104 Å². The van der Waals surface area contributed by atoms with Crippen LogP contribution in [0, 0.1) is 10.6 Å². The molecule has 4 N–H and O–H groups in total. The maximum absolute atomic E-state index is 11.0. The lowest BCUT2D eigenvalue weighted by Crippen LogP contribution is -2.30. The monoisotopic (exact) mass is 256 g/mol. The molecule has 1 saturated carbocycles. The molecule has 0 unspecified atom stereocenters. The third-order valence-electron chi connectivity index (χ3n) is 3.43. The van der Waals surface area contributed by atoms with Crippen LogP contribution in [0.25, 0.3) is 0 Å². The standard InChI is InChI=1S/C11H16N2O3S/c14-5-6-1-2-9(15)7(3-6)8-4-12-11(16)13-10(8)17/h4,6-7,9,14-15H,1-3,5H2,(H2,12,13,16,17)/t6-,7-,9+/m1/s1. The Hall–Kier alpha value is -0.980. The summed E-state index contributed by atoms with van der Waals surface area (Å²) in [6, 6.07) is 0. The Morgan fingerprint density at radius 1 is 1.47 bits per heavy atom. The normalized spacial score (nSPS) is 29.2. The van der Waals surface area contributed by atoms with Crippen molar-refractivity contribution in [1.29, 1.82) is 0 Å². The van der Waals surface area contributed by atoms with Crippen molar-refractivity contribution in [1.82, 2.24) is 9.97 Å². The zero-order valence-electron chi connectivity index (χ0n) is 9.35. The summed E-state index contributed by atoms with van der Waals surface area (Å²) in [6.07, 6.45) is 3.28. The molecule has 6 heteroatoms. The topological polar surface area (TPSA) is 89.1 Å². The second-order valence-electron chi connectivity index (χ2n) is 4.56. The quantitative estimate of drug-likeness (QED) is 0.586. The minimum Gasteiger partial charge on any atom is -0.396 e. The van der Waals surface area contributed by atoms with Crippen LogP contribution in [0.4, 0.5) is 0 Å². The first-order chi connectivity index (χ1) is 8.11. The van der Waals surface area contributed by atoms with E-state index in [4.69, 9.17) is 12.2 Å². The van der Waals surface area contributed by atoms with E-state index in [0.29, 0.717) is 17.5 Å². The Kier molecular flexibility index (Phi) is 3.76. The molecular weight excluding hydrogens is 240 g/mol. The summed E-state index contributed by atoms with van der Waals surface area (Å²) < 4.78 is 0.372. The van der Waals surface area contributed by atoms with Gasteiger partial charge >= 0.3 is 5.69 Å². The van der Waals surface area contributed by atoms with E-state index in [1.165, 1.54) is 0 Å². The first-order valence-corrected chi connectivity index (χ1v) is 6.13. The molecular formula is C11H16N2O3S. The molecule has 17 heavy (non-hydrogen) atoms. The lowest BCUT2D eigenvalue weighted by Gasteiger charge is -2.32. The van der Waals surface area contributed by atoms with Gasteiger partial charge in [0.05, 0.1) is 6.10 Å². The molecule has 5 nitrogen and oxygen atoms in total. The number of aliphatic hydroxyl groups excluding tert-OH is 2. The highest BCUT2D eigenvalue weighted by atomic mass is 32.1. The van der Waals surface area contributed by atoms with Crippen LogP contribution >= 0.6 is 12.2 Å². The molecule has 1 heterocycles. The van der Waals surface area contributed by atoms with Crippen molar-refractivity contribution in [2.24, 2.45) is 5.92 Å². The van der Waals surface area contributed by atoms with Crippen LogP contribution in [0.3, 0.4) is 0 Å². The van der Waals surface area contributed by atoms with E-state index in [1.807, 2.05) is 0 Å². The number of aromatic amines is 2. The van der Waals surface area contributed by atoms with Gasteiger partial charge < -0.3 is 15.2 Å². The number of hydrogen-bond donors (Lipinski definition) is 4. The first-order valence-electron chi connectivity index (χ1n) is 5.72. The van der Waals surface area contributed by atoms with Gasteiger partial charge in [-0.1, -0.05) is 12.2 Å². The van der Waals surface area contributed by atoms with Gasteiger partial charge in [-0.3, -0.25) is 4.98 Å². The van der Waals surface area contributed by atoms with Crippen LogP contribution < -0.4 is 5.69 Å². The minimum atomic E-state index is -0.459. The predicted octanol–water partition coefficient (Wildman–Crippen LogP) is 0.669. The maximum Gasteiger partial charge on any atom is 0.323 e. The van der Waals surface area contributed by atoms with Gasteiger partial charge in [-0.25, -0.2) is 4.79 Å². The molecule has 0 bridgehead atoms. The van der Waals surface area contributed by atoms with Crippen LogP contribution in [0.5, 0.6) is 0 Å². The summed E-state index contributed by atoms with van der Waals surface area (Å²) in [6.45, 7) is 0.128. The van der Waals surface area contributed by atoms with E-state index in [1.54, 1.807) is 6.20 Å². The largest absolute Gasteiger partial charge is 0.396 e. The summed E-state index contributed by atoms with van der Waals surface area (Å²) >= 11 is 5.10. The molecule has 0 aromatic carbocycles. The van der Waals surface area contributed by atoms with Gasteiger partial charge in [-0.05, 0) is 25.2 Å². The van der Waals surface area contributed by atoms with Crippen molar-refractivity contribution in [2.75, 3.05) is 6.61 Å². The van der Waals surface area contributed by atoms with Gasteiger partial charge in [0.15, 0.2) is 0 Å². The summed E-state index contributed by atoms with van der Waals surface area (Å²) in [5, 5.41) is 19.2. The molecule has 0 amide bonds. The molecule has 0 aliphatic heterocycles. The summed E-state index contributed by atoms with van der Waals surface area (Å²) in [5.74, 6) is 0.0891. The molecule has 1 aliphatic carbocycles. The number of H-pyrrole nitrogens is 2. The Bertz CT molecular complexity index is 496. The molecule has 1 aromatic rings. The van der Waals surface area contributed by atoms with Gasteiger partial charge in [-0.15, -0.1) is 0 Å². The van der Waals surface area contributed by atoms with Crippen LogP contribution in [0.1, 0.15) is 30.7 Å². The number of aromatic nitrogens is 2. The van der Waals surface area contributed by atoms with Gasteiger partial charge in [0.1, 0.15) is 4.64 Å². The van der Waals surface area contributed by atoms with Crippen LogP contribution in [-0.2, 0) is 0 Å². The van der Waals surface area contributed by atoms with Crippen LogP contribution in [0.2, 0.25) is 0 Å². The molecule has 2 rings (SSSR count). The molecule has 94 valence electrons. The molecule has 3 atom stereocenters. The molecule has 0 saturated heterocycles. The number of hydrogen-bond acceptors (Lipinski definition) is 4. The van der Waals surface area contributed by atoms with E-state index in [-0.39, 0.29) is 24.1 Å². The fraction of sp³-hybridized carbons (Fsp3) is 0.636. The van der Waals surface area contributed by atoms with Crippen molar-refractivity contribution in [3.63, 3.8) is 0 Å². The highest BCUT2D eigenvalue weighted by Gasteiger charge is 2.30. The maximum atomic E-state index is 11.0. The van der Waals surface area contributed by atoms with Crippen molar-refractivity contribution in [2.45, 2.75) is 31.3 Å². The van der Waals surface area contributed by atoms with E-state index < -0.39 is 6.10 Å². The number of rotatable bonds is 2. The Morgan fingerprint density at radius 2 is 2.24 bits per heavy atom. The molecule has 0 spiro atoms. The summed E-state index contributed by atoms with van der Waals surface area (Å²) in [5.41, 5.74) is 0.410. The molecule has 1 aromatic heterocycles. The van der Waals surface area contributed by atoms with E-state index in [2.05, 4.69) is 9.97 Å². The third-order valence-corrected chi connectivity index (χ3v) is 3.77. The highest BCUT2D eigenvalue weighted by molar-refractivity contribution is 7.71. The second kappa shape index (κ2) is 5.12. The second-order valence-corrected chi connectivity index (χ2v) is 4.97. The Morgan fingerprint density at radius 3 is 2.88 bits per heavy atom. The van der Waals surface area contributed by atoms with Gasteiger partial charge in [-0.2, -0.15) is 0 Å². The lowest BCUT2D eigenvalue weighted by molar-refractivity contribution is 0.0653. The summed E-state index contributed by atoms with van der Waals surface area (Å²) in [4.78, 5) is 16.1. The summed E-state index contributed by atoms with van der Waals surface area (Å²) in [7, 11) is 0. The highest BCUT2D eigenvalue weighted by Crippen LogP contribution is 2.35. The first kappa shape index (κ1) is 12.5. The van der Waals surface area contributed by atoms with Gasteiger partial charge in [0.25, 0.3) is 0 Å². The average Bonchev–Trinajstić information content (AvgIpc) is 2.30. The SMILES string of the molecule is O=c1[nH]cc([C@H]2C[C@H](CO)CC[C@@H]2O)c(=S)[nH]1. The van der Waals surface area contributed by atoms with E-state index in [0.717, 1.165) is 12.0 Å². The zero-order chi connectivity index (χ0) is 12.4. The smallest absolute Gasteiger partial charge is 0.323 e. The van der Waals surface area contributed by atoms with Crippen LogP contribution in [0.15, 0.2) is 11.0 Å². The molecule has 0 radical (unpaired) electrons. The fourth-order valence-electron chi connectivity index (χ4n) is 2.44. The third kappa shape index (κ3) is 2.65. The number of nitrogens with one attached hydrogen (secondary N) is 2. The Balaban J connectivity index is 2.30. The van der Waals surface area contributed by atoms with Crippen molar-refractivity contribution >= 4 is 12.2 Å². The lowest BCUT2D eigenvalue weighted by atomic mass is 9.77. The fourth-order valence-corrected chi connectivity index (χ4v) is 2.74. The predicted molar refractivity (Wildman–Crippen MR) is 65.4 cm³/mol. The van der Waals surface area contributed by atoms with E-state index in [9.17, 15) is 15.0 Å². The molecule has 1 aliphatic rings. The number of aliphatic hydroxyl groups is 2. The van der Waals surface area contributed by atoms with Crippen molar-refractivity contribution in [3.8, 4) is 0 Å². The zero-order valence-corrected chi connectivity index (χ0v) is 10.2. The molecule has 1 fully saturated rings.